The number of para-hydroxylation sites is 1. The molecule has 0 radical (unpaired) electrons. The zero-order valence-corrected chi connectivity index (χ0v) is 12.2. The molecule has 0 saturated carbocycles. The Morgan fingerprint density at radius 3 is 3.10 bits per heavy atom. The highest BCUT2D eigenvalue weighted by Crippen LogP contribution is 2.36. The number of fused-ring (bicyclic) bond motifs is 2. The van der Waals surface area contributed by atoms with Gasteiger partial charge in [-0.25, -0.2) is 0 Å². The van der Waals surface area contributed by atoms with Crippen molar-refractivity contribution in [2.45, 2.75) is 32.4 Å². The van der Waals surface area contributed by atoms with E-state index in [1.807, 2.05) is 12.1 Å². The van der Waals surface area contributed by atoms with Gasteiger partial charge in [-0.15, -0.1) is 0 Å². The van der Waals surface area contributed by atoms with Crippen molar-refractivity contribution in [2.75, 3.05) is 6.79 Å². The van der Waals surface area contributed by atoms with Gasteiger partial charge >= 0.3 is 0 Å². The van der Waals surface area contributed by atoms with Crippen LogP contribution in [0.5, 0.6) is 11.5 Å². The van der Waals surface area contributed by atoms with Crippen LogP contribution in [-0.4, -0.2) is 6.79 Å². The molecule has 0 bridgehead atoms. The highest BCUT2D eigenvalue weighted by Gasteiger charge is 2.23. The maximum atomic E-state index is 5.57. The average Bonchev–Trinajstić information content (AvgIpc) is 3.11. The van der Waals surface area contributed by atoms with Crippen molar-refractivity contribution in [1.29, 1.82) is 0 Å². The van der Waals surface area contributed by atoms with Crippen molar-refractivity contribution in [1.82, 2.24) is 5.32 Å². The van der Waals surface area contributed by atoms with Crippen LogP contribution in [0.2, 0.25) is 0 Å². The lowest BCUT2D eigenvalue weighted by atomic mass is 10.0. The summed E-state index contributed by atoms with van der Waals surface area (Å²) in [7, 11) is 0. The molecule has 1 unspecified atom stereocenters. The second-order valence-electron chi connectivity index (χ2n) is 5.83. The number of nitrogens with one attached hydrogen (secondary N) is 1. The SMILES string of the molecule is Cc1ccc2c(c1)C(NCc1cccc3c1OCO3)CC2. The van der Waals surface area contributed by atoms with E-state index in [1.54, 1.807) is 0 Å². The number of ether oxygens (including phenoxy) is 2. The van der Waals surface area contributed by atoms with Gasteiger partial charge in [0.1, 0.15) is 0 Å². The van der Waals surface area contributed by atoms with Gasteiger partial charge in [0.2, 0.25) is 6.79 Å². The van der Waals surface area contributed by atoms with E-state index in [2.05, 4.69) is 36.5 Å². The molecule has 2 aromatic carbocycles. The Labute approximate surface area is 124 Å². The van der Waals surface area contributed by atoms with Crippen molar-refractivity contribution >= 4 is 0 Å². The van der Waals surface area contributed by atoms with E-state index in [-0.39, 0.29) is 0 Å². The predicted molar refractivity (Wildman–Crippen MR) is 81.6 cm³/mol. The molecule has 1 N–H and O–H groups in total. The largest absolute Gasteiger partial charge is 0.454 e. The van der Waals surface area contributed by atoms with Gasteiger partial charge < -0.3 is 14.8 Å². The van der Waals surface area contributed by atoms with E-state index in [1.165, 1.54) is 35.1 Å². The Hall–Kier alpha value is -2.00. The first-order chi connectivity index (χ1) is 10.3. The van der Waals surface area contributed by atoms with E-state index in [9.17, 15) is 0 Å². The van der Waals surface area contributed by atoms with Gasteiger partial charge in [0, 0.05) is 18.2 Å². The molecule has 1 aliphatic carbocycles. The molecule has 0 fully saturated rings. The Kier molecular flexibility index (Phi) is 3.08. The normalized spacial score (nSPS) is 18.8. The lowest BCUT2D eigenvalue weighted by Crippen LogP contribution is -2.19. The molecule has 0 spiro atoms. The highest BCUT2D eigenvalue weighted by atomic mass is 16.7. The zero-order valence-electron chi connectivity index (χ0n) is 12.2. The first kappa shape index (κ1) is 12.7. The second kappa shape index (κ2) is 5.08. The number of hydrogen-bond acceptors (Lipinski definition) is 3. The molecule has 2 aromatic rings. The summed E-state index contributed by atoms with van der Waals surface area (Å²) in [6.07, 6.45) is 2.34. The van der Waals surface area contributed by atoms with E-state index >= 15 is 0 Å². The molecule has 1 atom stereocenters. The summed E-state index contributed by atoms with van der Waals surface area (Å²) >= 11 is 0. The van der Waals surface area contributed by atoms with Gasteiger partial charge in [-0.3, -0.25) is 0 Å². The van der Waals surface area contributed by atoms with Crippen LogP contribution in [0.25, 0.3) is 0 Å². The standard InChI is InChI=1S/C18H19NO2/c1-12-5-6-13-7-8-16(15(13)9-12)19-10-14-3-2-4-17-18(14)21-11-20-17/h2-6,9,16,19H,7-8,10-11H2,1H3. The molecule has 1 aliphatic heterocycles. The molecular weight excluding hydrogens is 262 g/mol. The zero-order chi connectivity index (χ0) is 14.2. The lowest BCUT2D eigenvalue weighted by molar-refractivity contribution is 0.173. The highest BCUT2D eigenvalue weighted by molar-refractivity contribution is 5.48. The predicted octanol–water partition coefficient (Wildman–Crippen LogP) is 3.50. The lowest BCUT2D eigenvalue weighted by Gasteiger charge is -2.15. The van der Waals surface area contributed by atoms with Crippen LogP contribution in [0.4, 0.5) is 0 Å². The first-order valence-electron chi connectivity index (χ1n) is 7.51. The molecule has 3 heteroatoms. The molecule has 21 heavy (non-hydrogen) atoms. The molecule has 1 heterocycles. The van der Waals surface area contributed by atoms with E-state index in [0.717, 1.165) is 18.0 Å². The number of benzene rings is 2. The second-order valence-corrected chi connectivity index (χ2v) is 5.83. The van der Waals surface area contributed by atoms with Crippen molar-refractivity contribution < 1.29 is 9.47 Å². The summed E-state index contributed by atoms with van der Waals surface area (Å²) in [4.78, 5) is 0. The number of rotatable bonds is 3. The minimum absolute atomic E-state index is 0.331. The summed E-state index contributed by atoms with van der Waals surface area (Å²) in [5.74, 6) is 1.75. The monoisotopic (exact) mass is 281 g/mol. The van der Waals surface area contributed by atoms with Crippen LogP contribution < -0.4 is 14.8 Å². The quantitative estimate of drug-likeness (QED) is 0.934. The van der Waals surface area contributed by atoms with Gasteiger partial charge in [0.05, 0.1) is 0 Å². The van der Waals surface area contributed by atoms with Crippen LogP contribution in [0.15, 0.2) is 36.4 Å². The minimum Gasteiger partial charge on any atom is -0.454 e. The van der Waals surface area contributed by atoms with Crippen molar-refractivity contribution in [2.24, 2.45) is 0 Å². The van der Waals surface area contributed by atoms with Crippen LogP contribution in [0.1, 0.15) is 34.7 Å². The third kappa shape index (κ3) is 2.28. The van der Waals surface area contributed by atoms with Crippen LogP contribution in [0, 0.1) is 6.92 Å². The summed E-state index contributed by atoms with van der Waals surface area (Å²) in [5.41, 5.74) is 5.45. The van der Waals surface area contributed by atoms with Crippen molar-refractivity contribution in [3.63, 3.8) is 0 Å². The minimum atomic E-state index is 0.331. The third-order valence-electron chi connectivity index (χ3n) is 4.40. The molecule has 0 aromatic heterocycles. The fraction of sp³-hybridized carbons (Fsp3) is 0.333. The molecule has 0 saturated heterocycles. The Morgan fingerprint density at radius 2 is 2.14 bits per heavy atom. The van der Waals surface area contributed by atoms with E-state index in [4.69, 9.17) is 9.47 Å². The van der Waals surface area contributed by atoms with Crippen molar-refractivity contribution in [3.05, 3.63) is 58.7 Å². The van der Waals surface area contributed by atoms with Crippen LogP contribution in [0.3, 0.4) is 0 Å². The number of hydrogen-bond donors (Lipinski definition) is 1. The number of aryl methyl sites for hydroxylation is 2. The maximum absolute atomic E-state index is 5.57. The summed E-state index contributed by atoms with van der Waals surface area (Å²) < 4.78 is 11.0. The Morgan fingerprint density at radius 1 is 1.19 bits per heavy atom. The van der Waals surface area contributed by atoms with Gasteiger partial charge in [-0.1, -0.05) is 35.9 Å². The third-order valence-corrected chi connectivity index (χ3v) is 4.40. The average molecular weight is 281 g/mol. The first-order valence-corrected chi connectivity index (χ1v) is 7.51. The molecule has 3 nitrogen and oxygen atoms in total. The van der Waals surface area contributed by atoms with Crippen LogP contribution >= 0.6 is 0 Å². The van der Waals surface area contributed by atoms with Crippen LogP contribution in [-0.2, 0) is 13.0 Å². The summed E-state index contributed by atoms with van der Waals surface area (Å²) in [5, 5.41) is 3.68. The summed E-state index contributed by atoms with van der Waals surface area (Å²) in [6, 6.07) is 13.3. The topological polar surface area (TPSA) is 30.5 Å². The van der Waals surface area contributed by atoms with Gasteiger partial charge in [0.15, 0.2) is 11.5 Å². The maximum Gasteiger partial charge on any atom is 0.231 e. The van der Waals surface area contributed by atoms with E-state index < -0.39 is 0 Å². The van der Waals surface area contributed by atoms with Gasteiger partial charge in [-0.05, 0) is 37.0 Å². The molecule has 2 aliphatic rings. The molecule has 4 rings (SSSR count). The molecule has 0 amide bonds. The Balaban J connectivity index is 1.52. The molecule has 108 valence electrons. The van der Waals surface area contributed by atoms with E-state index in [0.29, 0.717) is 12.8 Å². The fourth-order valence-electron chi connectivity index (χ4n) is 3.30. The van der Waals surface area contributed by atoms with Crippen molar-refractivity contribution in [3.8, 4) is 11.5 Å². The summed E-state index contributed by atoms with van der Waals surface area (Å²) in [6.45, 7) is 3.30. The van der Waals surface area contributed by atoms with Gasteiger partial charge in [0.25, 0.3) is 0 Å². The van der Waals surface area contributed by atoms with Gasteiger partial charge in [-0.2, -0.15) is 0 Å². The molecular formula is C18H19NO2. The smallest absolute Gasteiger partial charge is 0.231 e. The fourth-order valence-corrected chi connectivity index (χ4v) is 3.30. The Bertz CT molecular complexity index is 681.